The summed E-state index contributed by atoms with van der Waals surface area (Å²) in [5, 5.41) is 10.8. The summed E-state index contributed by atoms with van der Waals surface area (Å²) >= 11 is 0. The number of hydrogen-bond acceptors (Lipinski definition) is 6. The molecule has 6 nitrogen and oxygen atoms in total. The van der Waals surface area contributed by atoms with E-state index in [9.17, 15) is 14.3 Å². The molecule has 0 radical (unpaired) electrons. The number of ether oxygens (including phenoxy) is 2. The molecule has 3 heterocycles. The summed E-state index contributed by atoms with van der Waals surface area (Å²) < 4.78 is 24.4. The van der Waals surface area contributed by atoms with E-state index in [0.29, 0.717) is 24.7 Å². The second-order valence-electron chi connectivity index (χ2n) is 9.69. The first-order chi connectivity index (χ1) is 16.2. The summed E-state index contributed by atoms with van der Waals surface area (Å²) in [6.07, 6.45) is 5.57. The summed E-state index contributed by atoms with van der Waals surface area (Å²) in [6, 6.07) is 12.4. The van der Waals surface area contributed by atoms with Crippen LogP contribution >= 0.6 is 0 Å². The number of pyridine rings is 2. The molecule has 1 N–H and O–H groups in total. The molecule has 0 spiro atoms. The molecule has 7 heteroatoms. The predicted octanol–water partition coefficient (Wildman–Crippen LogP) is 4.13. The first-order valence-corrected chi connectivity index (χ1v) is 11.5. The van der Waals surface area contributed by atoms with Gasteiger partial charge in [-0.3, -0.25) is 4.79 Å². The Morgan fingerprint density at radius 1 is 1.15 bits per heavy atom. The van der Waals surface area contributed by atoms with Gasteiger partial charge in [-0.25, -0.2) is 9.97 Å². The Hall–Kier alpha value is -3.16. The van der Waals surface area contributed by atoms with E-state index >= 15 is 0 Å². The van der Waals surface area contributed by atoms with Crippen LogP contribution < -0.4 is 4.74 Å². The van der Waals surface area contributed by atoms with Gasteiger partial charge in [0.2, 0.25) is 11.8 Å². The Balaban J connectivity index is 1.41. The van der Waals surface area contributed by atoms with Crippen LogP contribution in [0.2, 0.25) is 0 Å². The summed E-state index contributed by atoms with van der Waals surface area (Å²) in [5.41, 5.74) is 2.15. The van der Waals surface area contributed by atoms with Gasteiger partial charge in [-0.1, -0.05) is 30.3 Å². The second-order valence-corrected chi connectivity index (χ2v) is 9.69. The highest BCUT2D eigenvalue weighted by Crippen LogP contribution is 2.38. The lowest BCUT2D eigenvalue weighted by molar-refractivity contribution is -0.142. The Kier molecular flexibility index (Phi) is 5.70. The summed E-state index contributed by atoms with van der Waals surface area (Å²) in [5.74, 6) is -0.0349. The Labute approximate surface area is 197 Å². The monoisotopic (exact) mass is 462 g/mol. The molecular weight excluding hydrogens is 435 g/mol. The third-order valence-corrected chi connectivity index (χ3v) is 6.48. The Morgan fingerprint density at radius 3 is 2.44 bits per heavy atom. The molecular formula is C27H27FN2O4. The van der Waals surface area contributed by atoms with Crippen molar-refractivity contribution in [2.24, 2.45) is 0 Å². The predicted molar refractivity (Wildman–Crippen MR) is 124 cm³/mol. The van der Waals surface area contributed by atoms with Crippen LogP contribution in [0.15, 0.2) is 54.9 Å². The van der Waals surface area contributed by atoms with Crippen LogP contribution in [-0.2, 0) is 27.0 Å². The van der Waals surface area contributed by atoms with Gasteiger partial charge < -0.3 is 14.6 Å². The van der Waals surface area contributed by atoms with Crippen LogP contribution in [0, 0.1) is 5.95 Å². The van der Waals surface area contributed by atoms with Crippen molar-refractivity contribution in [3.8, 4) is 17.0 Å². The summed E-state index contributed by atoms with van der Waals surface area (Å²) in [4.78, 5) is 21.3. The molecule has 0 amide bonds. The van der Waals surface area contributed by atoms with Crippen LogP contribution in [-0.4, -0.2) is 40.2 Å². The Bertz CT molecular complexity index is 1190. The van der Waals surface area contributed by atoms with Crippen LogP contribution in [0.4, 0.5) is 4.39 Å². The van der Waals surface area contributed by atoms with Crippen LogP contribution in [0.25, 0.3) is 11.1 Å². The number of hydrogen-bond donors (Lipinski definition) is 1. The smallest absolute Gasteiger partial charge is 0.213 e. The van der Waals surface area contributed by atoms with E-state index < -0.39 is 17.0 Å². The van der Waals surface area contributed by atoms with E-state index in [1.807, 2.05) is 30.3 Å². The highest BCUT2D eigenvalue weighted by molar-refractivity contribution is 5.93. The van der Waals surface area contributed by atoms with Gasteiger partial charge in [0.15, 0.2) is 5.78 Å². The highest BCUT2D eigenvalue weighted by Gasteiger charge is 2.46. The van der Waals surface area contributed by atoms with Gasteiger partial charge in [-0.15, -0.1) is 0 Å². The fraction of sp³-hybridized carbons (Fsp3) is 0.370. The van der Waals surface area contributed by atoms with Crippen molar-refractivity contribution in [3.05, 3.63) is 77.5 Å². The number of rotatable bonds is 8. The molecule has 2 aromatic heterocycles. The van der Waals surface area contributed by atoms with Gasteiger partial charge in [0, 0.05) is 30.4 Å². The van der Waals surface area contributed by atoms with Crippen LogP contribution in [0.3, 0.4) is 0 Å². The zero-order valence-corrected chi connectivity index (χ0v) is 19.3. The van der Waals surface area contributed by atoms with Gasteiger partial charge in [0.1, 0.15) is 11.5 Å². The van der Waals surface area contributed by atoms with Crippen molar-refractivity contribution in [1.29, 1.82) is 0 Å². The van der Waals surface area contributed by atoms with Crippen LogP contribution in [0.1, 0.15) is 43.4 Å². The SMILES string of the molecule is CC(C)(O)c1cc(OC2CC2)ncc1-c1ccc(C2(C(=O)Cc3ccc(F)nc3)COC2)cc1. The molecule has 176 valence electrons. The summed E-state index contributed by atoms with van der Waals surface area (Å²) in [7, 11) is 0. The van der Waals surface area contributed by atoms with Gasteiger partial charge >= 0.3 is 0 Å². The van der Waals surface area contributed by atoms with Crippen molar-refractivity contribution in [2.45, 2.75) is 50.2 Å². The normalized spacial score (nSPS) is 17.2. The third-order valence-electron chi connectivity index (χ3n) is 6.48. The van der Waals surface area contributed by atoms with E-state index in [-0.39, 0.29) is 18.3 Å². The number of carbonyl (C=O) groups excluding carboxylic acids is 1. The maximum atomic E-state index is 13.2. The van der Waals surface area contributed by atoms with E-state index in [2.05, 4.69) is 9.97 Å². The number of benzene rings is 1. The lowest BCUT2D eigenvalue weighted by Crippen LogP contribution is -2.53. The fourth-order valence-corrected chi connectivity index (χ4v) is 4.22. The quantitative estimate of drug-likeness (QED) is 0.507. The maximum absolute atomic E-state index is 13.2. The minimum atomic E-state index is -1.08. The molecule has 1 aromatic carbocycles. The zero-order chi connectivity index (χ0) is 23.9. The average molecular weight is 463 g/mol. The van der Waals surface area contributed by atoms with Crippen LogP contribution in [0.5, 0.6) is 5.88 Å². The molecule has 3 aromatic rings. The topological polar surface area (TPSA) is 81.5 Å². The zero-order valence-electron chi connectivity index (χ0n) is 19.3. The molecule has 1 saturated heterocycles. The molecule has 5 rings (SSSR count). The summed E-state index contributed by atoms with van der Waals surface area (Å²) in [6.45, 7) is 4.10. The highest BCUT2D eigenvalue weighted by atomic mass is 19.1. The fourth-order valence-electron chi connectivity index (χ4n) is 4.22. The molecule has 0 atom stereocenters. The first kappa shape index (κ1) is 22.6. The molecule has 1 aliphatic heterocycles. The Morgan fingerprint density at radius 2 is 1.88 bits per heavy atom. The number of Topliss-reactive ketones (excluding diaryl/α,β-unsaturated/α-hetero) is 1. The van der Waals surface area contributed by atoms with Crippen molar-refractivity contribution >= 4 is 5.78 Å². The minimum Gasteiger partial charge on any atom is -0.474 e. The molecule has 1 aliphatic carbocycles. The molecule has 2 fully saturated rings. The molecule has 0 bridgehead atoms. The standard InChI is InChI=1S/C27H27FN2O4/c1-26(2,32)22-12-25(34-20-8-9-20)30-14-21(22)18-4-6-19(7-5-18)27(15-33-16-27)23(31)11-17-3-10-24(28)29-13-17/h3-7,10,12-14,20,32H,8-9,11,15-16H2,1-2H3. The van der Waals surface area contributed by atoms with Gasteiger partial charge in [-0.2, -0.15) is 4.39 Å². The average Bonchev–Trinajstić information content (AvgIpc) is 3.59. The van der Waals surface area contributed by atoms with E-state index in [4.69, 9.17) is 9.47 Å². The molecule has 34 heavy (non-hydrogen) atoms. The number of nitrogens with zero attached hydrogens (tertiary/aromatic N) is 2. The lowest BCUT2D eigenvalue weighted by atomic mass is 9.73. The number of aliphatic hydroxyl groups is 1. The number of aromatic nitrogens is 2. The van der Waals surface area contributed by atoms with E-state index in [0.717, 1.165) is 35.1 Å². The largest absolute Gasteiger partial charge is 0.474 e. The molecule has 2 aliphatic rings. The first-order valence-electron chi connectivity index (χ1n) is 11.5. The van der Waals surface area contributed by atoms with Crippen molar-refractivity contribution in [1.82, 2.24) is 9.97 Å². The minimum absolute atomic E-state index is 0.0142. The number of carbonyl (C=O) groups is 1. The maximum Gasteiger partial charge on any atom is 0.213 e. The lowest BCUT2D eigenvalue weighted by Gasteiger charge is -2.40. The van der Waals surface area contributed by atoms with Crippen molar-refractivity contribution in [3.63, 3.8) is 0 Å². The van der Waals surface area contributed by atoms with Gasteiger partial charge in [-0.05, 0) is 55.0 Å². The van der Waals surface area contributed by atoms with Gasteiger partial charge in [0.25, 0.3) is 0 Å². The van der Waals surface area contributed by atoms with Gasteiger partial charge in [0.05, 0.1) is 18.8 Å². The van der Waals surface area contributed by atoms with Crippen molar-refractivity contribution in [2.75, 3.05) is 13.2 Å². The molecule has 0 unspecified atom stereocenters. The molecule has 1 saturated carbocycles. The number of halogens is 1. The second kappa shape index (κ2) is 8.56. The van der Waals surface area contributed by atoms with E-state index in [1.54, 1.807) is 26.1 Å². The third kappa shape index (κ3) is 4.45. The number of ketones is 1. The van der Waals surface area contributed by atoms with Crippen molar-refractivity contribution < 1.29 is 23.8 Å². The van der Waals surface area contributed by atoms with E-state index in [1.165, 1.54) is 12.3 Å².